The molecular formula is C19H26F3N7O. The summed E-state index contributed by atoms with van der Waals surface area (Å²) in [5.74, 6) is 0.702. The van der Waals surface area contributed by atoms with E-state index in [0.717, 1.165) is 51.6 Å². The highest BCUT2D eigenvalue weighted by molar-refractivity contribution is 5.76. The molecule has 30 heavy (non-hydrogen) atoms. The molecule has 11 heteroatoms. The topological polar surface area (TPSA) is 69.9 Å². The second-order valence-electron chi connectivity index (χ2n) is 7.92. The van der Waals surface area contributed by atoms with Gasteiger partial charge in [-0.25, -0.2) is 4.98 Å². The van der Waals surface area contributed by atoms with Gasteiger partial charge in [-0.1, -0.05) is 6.92 Å². The van der Waals surface area contributed by atoms with Crippen LogP contribution < -0.4 is 4.90 Å². The minimum Gasteiger partial charge on any atom is -0.356 e. The molecule has 0 N–H and O–H groups in total. The number of hydrogen-bond donors (Lipinski definition) is 0. The van der Waals surface area contributed by atoms with Crippen LogP contribution in [-0.4, -0.2) is 81.1 Å². The molecule has 2 aliphatic heterocycles. The predicted octanol–water partition coefficient (Wildman–Crippen LogP) is 1.91. The SMILES string of the molecule is CCN1CCN(C(=O)CC2CCN(c3cc(C(F)(F)F)nc4ncnn34)CC2)CC1. The van der Waals surface area contributed by atoms with Gasteiger partial charge >= 0.3 is 6.18 Å². The zero-order valence-corrected chi connectivity index (χ0v) is 17.0. The number of amides is 1. The maximum absolute atomic E-state index is 13.2. The van der Waals surface area contributed by atoms with Gasteiger partial charge in [-0.3, -0.25) is 4.79 Å². The van der Waals surface area contributed by atoms with Crippen molar-refractivity contribution in [1.82, 2.24) is 29.4 Å². The van der Waals surface area contributed by atoms with Crippen LogP contribution in [0.1, 0.15) is 31.9 Å². The Morgan fingerprint density at radius 3 is 2.47 bits per heavy atom. The summed E-state index contributed by atoms with van der Waals surface area (Å²) in [5, 5.41) is 4.03. The van der Waals surface area contributed by atoms with Gasteiger partial charge in [0.05, 0.1) is 0 Å². The number of alkyl halides is 3. The van der Waals surface area contributed by atoms with E-state index in [-0.39, 0.29) is 17.6 Å². The number of rotatable bonds is 4. The van der Waals surface area contributed by atoms with Crippen LogP contribution >= 0.6 is 0 Å². The summed E-state index contributed by atoms with van der Waals surface area (Å²) in [6, 6.07) is 1.03. The summed E-state index contributed by atoms with van der Waals surface area (Å²) in [7, 11) is 0. The van der Waals surface area contributed by atoms with E-state index in [1.165, 1.54) is 10.8 Å². The van der Waals surface area contributed by atoms with E-state index in [9.17, 15) is 18.0 Å². The molecule has 2 aromatic rings. The summed E-state index contributed by atoms with van der Waals surface area (Å²) >= 11 is 0. The van der Waals surface area contributed by atoms with Gasteiger partial charge in [0, 0.05) is 51.8 Å². The highest BCUT2D eigenvalue weighted by atomic mass is 19.4. The summed E-state index contributed by atoms with van der Waals surface area (Å²) in [6.07, 6.45) is -1.34. The molecule has 0 bridgehead atoms. The number of piperidine rings is 1. The average molecular weight is 425 g/mol. The molecule has 0 aliphatic carbocycles. The van der Waals surface area contributed by atoms with E-state index in [2.05, 4.69) is 26.9 Å². The van der Waals surface area contributed by atoms with E-state index in [4.69, 9.17) is 0 Å². The second-order valence-corrected chi connectivity index (χ2v) is 7.92. The fourth-order valence-electron chi connectivity index (χ4n) is 4.22. The van der Waals surface area contributed by atoms with Crippen LogP contribution in [0.3, 0.4) is 0 Å². The molecule has 2 aromatic heterocycles. The Hall–Kier alpha value is -2.43. The predicted molar refractivity (Wildman–Crippen MR) is 104 cm³/mol. The van der Waals surface area contributed by atoms with Crippen molar-refractivity contribution in [2.24, 2.45) is 5.92 Å². The number of carbonyl (C=O) groups excluding carboxylic acids is 1. The summed E-state index contributed by atoms with van der Waals surface area (Å²) < 4.78 is 41.0. The molecule has 0 radical (unpaired) electrons. The first-order valence-electron chi connectivity index (χ1n) is 10.4. The molecule has 8 nitrogen and oxygen atoms in total. The van der Waals surface area contributed by atoms with Crippen LogP contribution in [0.25, 0.3) is 5.78 Å². The van der Waals surface area contributed by atoms with Crippen molar-refractivity contribution < 1.29 is 18.0 Å². The maximum atomic E-state index is 13.2. The molecule has 2 aliphatic rings. The Kier molecular flexibility index (Phi) is 5.81. The van der Waals surface area contributed by atoms with Crippen LogP contribution in [0.5, 0.6) is 0 Å². The Labute approximate surface area is 172 Å². The number of fused-ring (bicyclic) bond motifs is 1. The first kappa shape index (κ1) is 20.8. The van der Waals surface area contributed by atoms with E-state index in [0.29, 0.717) is 25.3 Å². The zero-order valence-electron chi connectivity index (χ0n) is 17.0. The Balaban J connectivity index is 1.38. The van der Waals surface area contributed by atoms with Gasteiger partial charge in [0.1, 0.15) is 12.1 Å². The smallest absolute Gasteiger partial charge is 0.356 e. The van der Waals surface area contributed by atoms with Crippen molar-refractivity contribution in [2.45, 2.75) is 32.4 Å². The number of nitrogens with zero attached hydrogens (tertiary/aromatic N) is 7. The van der Waals surface area contributed by atoms with Crippen molar-refractivity contribution in [1.29, 1.82) is 0 Å². The summed E-state index contributed by atoms with van der Waals surface area (Å²) in [6.45, 7) is 7.63. The van der Waals surface area contributed by atoms with Gasteiger partial charge in [-0.05, 0) is 25.3 Å². The van der Waals surface area contributed by atoms with Gasteiger partial charge < -0.3 is 14.7 Å². The van der Waals surface area contributed by atoms with E-state index < -0.39 is 11.9 Å². The van der Waals surface area contributed by atoms with E-state index >= 15 is 0 Å². The Morgan fingerprint density at radius 2 is 1.83 bits per heavy atom. The summed E-state index contributed by atoms with van der Waals surface area (Å²) in [4.78, 5) is 26.2. The monoisotopic (exact) mass is 425 g/mol. The third-order valence-corrected chi connectivity index (χ3v) is 6.10. The van der Waals surface area contributed by atoms with Crippen LogP contribution in [0.4, 0.5) is 19.0 Å². The lowest BCUT2D eigenvalue weighted by Gasteiger charge is -2.36. The number of carbonyl (C=O) groups is 1. The molecule has 0 spiro atoms. The van der Waals surface area contributed by atoms with Crippen LogP contribution in [-0.2, 0) is 11.0 Å². The van der Waals surface area contributed by atoms with Crippen molar-refractivity contribution in [2.75, 3.05) is 50.7 Å². The van der Waals surface area contributed by atoms with Gasteiger partial charge in [-0.15, -0.1) is 0 Å². The fraction of sp³-hybridized carbons (Fsp3) is 0.684. The molecule has 0 saturated carbocycles. The number of anilines is 1. The van der Waals surface area contributed by atoms with E-state index in [1.54, 1.807) is 0 Å². The van der Waals surface area contributed by atoms with E-state index in [1.807, 2.05) is 9.80 Å². The Bertz CT molecular complexity index is 884. The fourth-order valence-corrected chi connectivity index (χ4v) is 4.22. The van der Waals surface area contributed by atoms with Crippen LogP contribution in [0, 0.1) is 5.92 Å². The Morgan fingerprint density at radius 1 is 1.13 bits per heavy atom. The first-order chi connectivity index (χ1) is 14.3. The van der Waals surface area contributed by atoms with Gasteiger partial charge in [0.15, 0.2) is 5.69 Å². The van der Waals surface area contributed by atoms with Gasteiger partial charge in [-0.2, -0.15) is 27.8 Å². The van der Waals surface area contributed by atoms with Crippen molar-refractivity contribution in [3.63, 3.8) is 0 Å². The highest BCUT2D eigenvalue weighted by Gasteiger charge is 2.35. The average Bonchev–Trinajstić information content (AvgIpc) is 3.22. The molecular weight excluding hydrogens is 399 g/mol. The quantitative estimate of drug-likeness (QED) is 0.746. The number of likely N-dealkylation sites (N-methyl/N-ethyl adjacent to an activating group) is 1. The minimum absolute atomic E-state index is 0.0663. The molecule has 0 unspecified atom stereocenters. The lowest BCUT2D eigenvalue weighted by Crippen LogP contribution is -2.49. The number of hydrogen-bond acceptors (Lipinski definition) is 6. The number of piperazine rings is 1. The normalized spacial score (nSPS) is 19.6. The zero-order chi connectivity index (χ0) is 21.3. The number of halogens is 3. The second kappa shape index (κ2) is 8.37. The van der Waals surface area contributed by atoms with Crippen molar-refractivity contribution in [3.05, 3.63) is 18.1 Å². The lowest BCUT2D eigenvalue weighted by atomic mass is 9.93. The molecule has 2 fully saturated rings. The first-order valence-corrected chi connectivity index (χ1v) is 10.4. The maximum Gasteiger partial charge on any atom is 0.433 e. The van der Waals surface area contributed by atoms with Crippen molar-refractivity contribution >= 4 is 17.5 Å². The van der Waals surface area contributed by atoms with Crippen LogP contribution in [0.15, 0.2) is 12.4 Å². The molecule has 164 valence electrons. The number of aromatic nitrogens is 4. The molecule has 0 aromatic carbocycles. The molecule has 4 heterocycles. The lowest BCUT2D eigenvalue weighted by molar-refractivity contribution is -0.141. The molecule has 2 saturated heterocycles. The third kappa shape index (κ3) is 4.35. The third-order valence-electron chi connectivity index (χ3n) is 6.10. The van der Waals surface area contributed by atoms with Gasteiger partial charge in [0.25, 0.3) is 5.78 Å². The molecule has 0 atom stereocenters. The van der Waals surface area contributed by atoms with Crippen molar-refractivity contribution in [3.8, 4) is 0 Å². The molecule has 4 rings (SSSR count). The largest absolute Gasteiger partial charge is 0.433 e. The standard InChI is InChI=1S/C19H26F3N7O/c1-2-26-7-9-28(10-8-26)17(30)11-14-3-5-27(6-4-14)16-12-15(19(20,21)22)25-18-23-13-24-29(16)18/h12-14H,2-11H2,1H3. The van der Waals surface area contributed by atoms with Gasteiger partial charge in [0.2, 0.25) is 5.91 Å². The molecule has 1 amide bonds. The highest BCUT2D eigenvalue weighted by Crippen LogP contribution is 2.32. The summed E-state index contributed by atoms with van der Waals surface area (Å²) in [5.41, 5.74) is -0.971. The van der Waals surface area contributed by atoms with Crippen LogP contribution in [0.2, 0.25) is 0 Å². The minimum atomic E-state index is -4.55.